The third-order valence-electron chi connectivity index (χ3n) is 2.87. The molecule has 1 atom stereocenters. The Balaban J connectivity index is 3.41. The van der Waals surface area contributed by atoms with Crippen molar-refractivity contribution in [2.45, 2.75) is 32.9 Å². The summed E-state index contributed by atoms with van der Waals surface area (Å²) < 4.78 is 75.7. The molecule has 0 radical (unpaired) electrons. The van der Waals surface area contributed by atoms with Gasteiger partial charge in [-0.25, -0.2) is 0 Å². The normalized spacial score (nSPS) is 14.8. The average molecular weight is 393 g/mol. The van der Waals surface area contributed by atoms with Crippen molar-refractivity contribution in [1.29, 1.82) is 0 Å². The Morgan fingerprint density at radius 1 is 0.842 bits per heavy atom. The third-order valence-corrected chi connectivity index (χ3v) is 8.14. The van der Waals surface area contributed by atoms with Crippen LogP contribution in [-0.2, 0) is 12.4 Å². The summed E-state index contributed by atoms with van der Waals surface area (Å²) in [5.41, 5.74) is -2.33. The van der Waals surface area contributed by atoms with Crippen molar-refractivity contribution in [2.75, 3.05) is 0 Å². The Kier molecular flexibility index (Phi) is 4.87. The second kappa shape index (κ2) is 5.55. The van der Waals surface area contributed by atoms with Crippen molar-refractivity contribution in [2.24, 2.45) is 0 Å². The number of rotatable bonds is 2. The van der Waals surface area contributed by atoms with Gasteiger partial charge in [0.2, 0.25) is 0 Å². The molecule has 0 amide bonds. The summed E-state index contributed by atoms with van der Waals surface area (Å²) in [6.45, 7) is 1.69. The van der Waals surface area contributed by atoms with Crippen molar-refractivity contribution in [3.8, 4) is 0 Å². The van der Waals surface area contributed by atoms with Gasteiger partial charge in [0.25, 0.3) is 0 Å². The zero-order valence-electron chi connectivity index (χ0n) is 10.5. The molecule has 1 aromatic carbocycles. The molecule has 0 heterocycles. The van der Waals surface area contributed by atoms with Crippen LogP contribution in [0, 0.1) is 0 Å². The summed E-state index contributed by atoms with van der Waals surface area (Å²) in [6, 6.07) is 1.84. The molecule has 108 valence electrons. The zero-order valence-corrected chi connectivity index (χ0v) is 13.1. The molecule has 0 fully saturated rings. The van der Waals surface area contributed by atoms with Gasteiger partial charge in [-0.1, -0.05) is 0 Å². The van der Waals surface area contributed by atoms with Crippen molar-refractivity contribution in [3.63, 3.8) is 0 Å². The molecule has 0 saturated carbocycles. The van der Waals surface area contributed by atoms with E-state index in [1.165, 1.54) is 0 Å². The van der Waals surface area contributed by atoms with Crippen LogP contribution in [0.25, 0.3) is 0 Å². The van der Waals surface area contributed by atoms with Crippen LogP contribution in [0.5, 0.6) is 0 Å². The van der Waals surface area contributed by atoms with E-state index in [1.807, 2.05) is 9.74 Å². The number of benzene rings is 1. The number of hydrogen-bond acceptors (Lipinski definition) is 0. The van der Waals surface area contributed by atoms with Crippen LogP contribution in [0.2, 0.25) is 9.74 Å². The molecular formula is C12H13F6Sb. The monoisotopic (exact) mass is 392 g/mol. The summed E-state index contributed by atoms with van der Waals surface area (Å²) in [4.78, 5) is 3.86. The second-order valence-electron chi connectivity index (χ2n) is 4.48. The van der Waals surface area contributed by atoms with E-state index in [4.69, 9.17) is 0 Å². The first-order valence-electron chi connectivity index (χ1n) is 5.38. The fourth-order valence-corrected chi connectivity index (χ4v) is 3.65. The summed E-state index contributed by atoms with van der Waals surface area (Å²) >= 11 is -1.80. The molecule has 0 bridgehead atoms. The Bertz CT molecular complexity index is 414. The summed E-state index contributed by atoms with van der Waals surface area (Å²) in [5, 5.41) is 0. The van der Waals surface area contributed by atoms with Gasteiger partial charge < -0.3 is 0 Å². The topological polar surface area (TPSA) is 0 Å². The number of halogens is 6. The third kappa shape index (κ3) is 4.30. The molecule has 0 aliphatic rings. The molecule has 0 aromatic heterocycles. The molecule has 0 N–H and O–H groups in total. The summed E-state index contributed by atoms with van der Waals surface area (Å²) in [7, 11) is 0. The van der Waals surface area contributed by atoms with E-state index in [0.29, 0.717) is 0 Å². The van der Waals surface area contributed by atoms with E-state index in [0.717, 1.165) is 12.1 Å². The van der Waals surface area contributed by atoms with Crippen LogP contribution in [0.1, 0.15) is 27.5 Å². The van der Waals surface area contributed by atoms with Gasteiger partial charge in [-0.05, 0) is 0 Å². The van der Waals surface area contributed by atoms with Gasteiger partial charge >= 0.3 is 114 Å². The van der Waals surface area contributed by atoms with E-state index in [2.05, 4.69) is 0 Å². The van der Waals surface area contributed by atoms with E-state index < -0.39 is 43.7 Å². The minimum atomic E-state index is -4.76. The van der Waals surface area contributed by atoms with E-state index in [-0.39, 0.29) is 15.5 Å². The average Bonchev–Trinajstić information content (AvgIpc) is 2.24. The van der Waals surface area contributed by atoms with Gasteiger partial charge in [-0.2, -0.15) is 0 Å². The first-order chi connectivity index (χ1) is 8.43. The molecule has 1 unspecified atom stereocenters. The molecule has 1 aromatic rings. The Labute approximate surface area is 114 Å². The van der Waals surface area contributed by atoms with Crippen molar-refractivity contribution in [3.05, 3.63) is 34.9 Å². The van der Waals surface area contributed by atoms with Gasteiger partial charge in [0, 0.05) is 0 Å². The predicted octanol–water partition coefficient (Wildman–Crippen LogP) is 5.12. The second-order valence-corrected chi connectivity index (χ2v) is 12.2. The summed E-state index contributed by atoms with van der Waals surface area (Å²) in [6.07, 6.45) is -9.53. The van der Waals surface area contributed by atoms with Crippen molar-refractivity contribution in [1.82, 2.24) is 0 Å². The Hall–Kier alpha value is -0.382. The first-order valence-corrected chi connectivity index (χ1v) is 12.0. The quantitative estimate of drug-likeness (QED) is 0.484. The molecule has 7 heteroatoms. The zero-order chi connectivity index (χ0) is 15.0. The summed E-state index contributed by atoms with van der Waals surface area (Å²) in [5.74, 6) is 0. The predicted molar refractivity (Wildman–Crippen MR) is 62.3 cm³/mol. The molecule has 0 nitrogen and oxygen atoms in total. The number of hydrogen-bond donors (Lipinski definition) is 0. The minimum absolute atomic E-state index is 0.134. The molecular weight excluding hydrogens is 380 g/mol. The van der Waals surface area contributed by atoms with Gasteiger partial charge in [-0.3, -0.25) is 0 Å². The Morgan fingerprint density at radius 2 is 1.21 bits per heavy atom. The van der Waals surface area contributed by atoms with Crippen LogP contribution >= 0.6 is 0 Å². The molecule has 0 saturated heterocycles. The maximum absolute atomic E-state index is 12.6. The SMILES string of the molecule is C[CH](c1cc(C(F)(F)F)cc(C(F)(F)F)c1)[Sb]([CH3])[CH3]. The molecule has 19 heavy (non-hydrogen) atoms. The molecule has 0 spiro atoms. The Morgan fingerprint density at radius 3 is 1.47 bits per heavy atom. The van der Waals surface area contributed by atoms with Gasteiger partial charge in [-0.15, -0.1) is 0 Å². The van der Waals surface area contributed by atoms with Crippen molar-refractivity contribution < 1.29 is 26.3 Å². The fourth-order valence-electron chi connectivity index (χ4n) is 1.52. The maximum atomic E-state index is 12.6. The molecule has 0 aliphatic carbocycles. The van der Waals surface area contributed by atoms with Crippen LogP contribution in [0.4, 0.5) is 26.3 Å². The van der Waals surface area contributed by atoms with Crippen molar-refractivity contribution >= 4 is 20.2 Å². The van der Waals surface area contributed by atoms with Gasteiger partial charge in [0.05, 0.1) is 0 Å². The van der Waals surface area contributed by atoms with E-state index >= 15 is 0 Å². The van der Waals surface area contributed by atoms with E-state index in [9.17, 15) is 26.3 Å². The number of alkyl halides is 6. The van der Waals surface area contributed by atoms with Crippen LogP contribution in [-0.4, -0.2) is 20.2 Å². The van der Waals surface area contributed by atoms with Crippen LogP contribution < -0.4 is 0 Å². The molecule has 1 rings (SSSR count). The standard InChI is InChI=1S/C10H7F6.2CH3.Sb/c1-2-6-3-7(9(11,12)13)5-8(4-6)10(14,15)16;;;/h2-5H,1H3;2*1H3;. The first kappa shape index (κ1) is 16.7. The van der Waals surface area contributed by atoms with Crippen LogP contribution in [0.15, 0.2) is 18.2 Å². The molecule has 0 aliphatic heterocycles. The fraction of sp³-hybridized carbons (Fsp3) is 0.500. The van der Waals surface area contributed by atoms with Gasteiger partial charge in [0.1, 0.15) is 0 Å². The van der Waals surface area contributed by atoms with E-state index in [1.54, 1.807) is 6.92 Å². The van der Waals surface area contributed by atoms with Crippen LogP contribution in [0.3, 0.4) is 0 Å². The van der Waals surface area contributed by atoms with Gasteiger partial charge in [0.15, 0.2) is 0 Å².